The number of rotatable bonds is 7. The third kappa shape index (κ3) is 8.73. The lowest BCUT2D eigenvalue weighted by atomic mass is 10.1. The van der Waals surface area contributed by atoms with E-state index in [0.29, 0.717) is 11.1 Å². The van der Waals surface area contributed by atoms with Crippen LogP contribution < -0.4 is 15.8 Å². The van der Waals surface area contributed by atoms with Gasteiger partial charge in [-0.15, -0.1) is 13.2 Å². The molecule has 0 bridgehead atoms. The summed E-state index contributed by atoms with van der Waals surface area (Å²) in [4.78, 5) is 4.01. The number of hydrogen-bond acceptors (Lipinski definition) is 3. The first kappa shape index (κ1) is 22.3. The Kier molecular flexibility index (Phi) is 7.32. The number of nitrogens with one attached hydrogen (secondary N) is 1. The van der Waals surface area contributed by atoms with Crippen molar-refractivity contribution in [1.82, 2.24) is 0 Å². The smallest absolute Gasteiger partial charge is 0.404 e. The van der Waals surface area contributed by atoms with Crippen molar-refractivity contribution in [3.8, 4) is 5.75 Å². The van der Waals surface area contributed by atoms with Crippen LogP contribution >= 0.6 is 0 Å². The number of nitrogens with two attached hydrogens (primary N) is 1. The molecule has 0 atom stereocenters. The molecule has 29 heavy (non-hydrogen) atoms. The average Bonchev–Trinajstić information content (AvgIpc) is 2.60. The molecule has 0 saturated heterocycles. The molecule has 0 fully saturated rings. The van der Waals surface area contributed by atoms with E-state index >= 15 is 0 Å². The summed E-state index contributed by atoms with van der Waals surface area (Å²) < 4.78 is 82.1. The summed E-state index contributed by atoms with van der Waals surface area (Å²) in [6.45, 7) is -1.53. The predicted octanol–water partition coefficient (Wildman–Crippen LogP) is 4.59. The fraction of sp³-hybridized carbons (Fsp3) is 0.278. The van der Waals surface area contributed by atoms with Crippen molar-refractivity contribution in [3.05, 3.63) is 59.7 Å². The maximum atomic E-state index is 12.4. The van der Waals surface area contributed by atoms with Crippen LogP contribution in [0.1, 0.15) is 11.1 Å². The number of guanidine groups is 1. The van der Waals surface area contributed by atoms with E-state index in [2.05, 4.69) is 19.8 Å². The highest BCUT2D eigenvalue weighted by Gasteiger charge is 2.32. The molecule has 158 valence electrons. The number of anilines is 1. The topological polar surface area (TPSA) is 68.9 Å². The Morgan fingerprint density at radius 3 is 2.34 bits per heavy atom. The Hall–Kier alpha value is -2.95. The van der Waals surface area contributed by atoms with E-state index < -0.39 is 24.9 Å². The van der Waals surface area contributed by atoms with Crippen LogP contribution in [0.2, 0.25) is 0 Å². The summed E-state index contributed by atoms with van der Waals surface area (Å²) in [5, 5.41) is 2.52. The van der Waals surface area contributed by atoms with Crippen LogP contribution in [0.4, 0.5) is 32.0 Å². The molecule has 0 radical (unpaired) electrons. The molecule has 0 amide bonds. The number of para-hydroxylation sites is 2. The van der Waals surface area contributed by atoms with Gasteiger partial charge in [-0.1, -0.05) is 36.4 Å². The van der Waals surface area contributed by atoms with E-state index in [9.17, 15) is 26.3 Å². The van der Waals surface area contributed by atoms with Gasteiger partial charge < -0.3 is 20.5 Å². The number of halogens is 6. The van der Waals surface area contributed by atoms with Gasteiger partial charge in [0.1, 0.15) is 6.61 Å². The Bertz CT molecular complexity index is 837. The lowest BCUT2D eigenvalue weighted by molar-refractivity contribution is -0.274. The van der Waals surface area contributed by atoms with Crippen LogP contribution in [0.3, 0.4) is 0 Å². The molecule has 11 heteroatoms. The van der Waals surface area contributed by atoms with Gasteiger partial charge >= 0.3 is 12.5 Å². The standard InChI is InChI=1S/C18H17F6N3O2/c19-17(20,21)11-28-10-13-5-3-4-12(8-13)9-26-16(25)27-14-6-1-2-7-15(14)29-18(22,23)24/h1-8H,9-11H2,(H3,25,26,27). The molecular formula is C18H17F6N3O2. The first-order valence-electron chi connectivity index (χ1n) is 8.16. The van der Waals surface area contributed by atoms with Gasteiger partial charge in [0.15, 0.2) is 11.7 Å². The van der Waals surface area contributed by atoms with Crippen molar-refractivity contribution in [2.24, 2.45) is 10.7 Å². The largest absolute Gasteiger partial charge is 0.573 e. The molecule has 2 aromatic rings. The highest BCUT2D eigenvalue weighted by Crippen LogP contribution is 2.29. The zero-order valence-corrected chi connectivity index (χ0v) is 14.8. The highest BCUT2D eigenvalue weighted by molar-refractivity contribution is 5.93. The van der Waals surface area contributed by atoms with Crippen molar-refractivity contribution in [2.75, 3.05) is 11.9 Å². The lowest BCUT2D eigenvalue weighted by Crippen LogP contribution is -2.24. The zero-order valence-electron chi connectivity index (χ0n) is 14.8. The van der Waals surface area contributed by atoms with E-state index in [1.54, 1.807) is 24.3 Å². The number of benzene rings is 2. The van der Waals surface area contributed by atoms with Gasteiger partial charge in [0.25, 0.3) is 0 Å². The van der Waals surface area contributed by atoms with Gasteiger partial charge in [-0.3, -0.25) is 0 Å². The summed E-state index contributed by atoms with van der Waals surface area (Å²) in [5.74, 6) is -0.635. The van der Waals surface area contributed by atoms with Gasteiger partial charge in [0.2, 0.25) is 0 Å². The highest BCUT2D eigenvalue weighted by atomic mass is 19.4. The Balaban J connectivity index is 1.98. The second-order valence-electron chi connectivity index (χ2n) is 5.80. The van der Waals surface area contributed by atoms with Crippen molar-refractivity contribution < 1.29 is 35.8 Å². The van der Waals surface area contributed by atoms with Gasteiger partial charge in [-0.05, 0) is 23.3 Å². The molecule has 0 saturated carbocycles. The number of alkyl halides is 6. The third-order valence-corrected chi connectivity index (χ3v) is 3.33. The maximum absolute atomic E-state index is 12.4. The van der Waals surface area contributed by atoms with Gasteiger partial charge in [0.05, 0.1) is 18.8 Å². The minimum Gasteiger partial charge on any atom is -0.404 e. The van der Waals surface area contributed by atoms with Gasteiger partial charge in [-0.2, -0.15) is 13.2 Å². The quantitative estimate of drug-likeness (QED) is 0.390. The first-order valence-corrected chi connectivity index (χ1v) is 8.16. The van der Waals surface area contributed by atoms with E-state index in [1.807, 2.05) is 0 Å². The van der Waals surface area contributed by atoms with Gasteiger partial charge in [-0.25, -0.2) is 4.99 Å². The summed E-state index contributed by atoms with van der Waals surface area (Å²) in [7, 11) is 0. The fourth-order valence-corrected chi connectivity index (χ4v) is 2.24. The van der Waals surface area contributed by atoms with Gasteiger partial charge in [0, 0.05) is 0 Å². The van der Waals surface area contributed by atoms with Crippen molar-refractivity contribution >= 4 is 11.6 Å². The Morgan fingerprint density at radius 2 is 1.66 bits per heavy atom. The molecule has 0 aliphatic rings. The number of hydrogen-bond donors (Lipinski definition) is 2. The molecule has 0 aliphatic carbocycles. The third-order valence-electron chi connectivity index (χ3n) is 3.33. The van der Waals surface area contributed by atoms with Crippen molar-refractivity contribution in [1.29, 1.82) is 0 Å². The van der Waals surface area contributed by atoms with Crippen LogP contribution in [0.5, 0.6) is 5.75 Å². The minimum atomic E-state index is -4.86. The molecule has 0 spiro atoms. The minimum absolute atomic E-state index is 0.0274. The van der Waals surface area contributed by atoms with Crippen LogP contribution in [-0.4, -0.2) is 25.1 Å². The van der Waals surface area contributed by atoms with Crippen molar-refractivity contribution in [2.45, 2.75) is 25.7 Å². The van der Waals surface area contributed by atoms with Crippen LogP contribution in [0, 0.1) is 0 Å². The summed E-state index contributed by atoms with van der Waals surface area (Å²) in [6, 6.07) is 11.8. The molecular weight excluding hydrogens is 404 g/mol. The number of ether oxygens (including phenoxy) is 2. The van der Waals surface area contributed by atoms with Crippen LogP contribution in [0.25, 0.3) is 0 Å². The van der Waals surface area contributed by atoms with Crippen LogP contribution in [-0.2, 0) is 17.9 Å². The second kappa shape index (κ2) is 9.50. The lowest BCUT2D eigenvalue weighted by Gasteiger charge is -2.14. The summed E-state index contributed by atoms with van der Waals surface area (Å²) >= 11 is 0. The second-order valence-corrected chi connectivity index (χ2v) is 5.80. The monoisotopic (exact) mass is 421 g/mol. The fourth-order valence-electron chi connectivity index (χ4n) is 2.24. The summed E-state index contributed by atoms with van der Waals surface area (Å²) in [5.41, 5.74) is 6.82. The molecule has 2 rings (SSSR count). The summed E-state index contributed by atoms with van der Waals surface area (Å²) in [6.07, 6.45) is -9.27. The number of nitrogens with zero attached hydrogens (tertiary/aromatic N) is 1. The van der Waals surface area contributed by atoms with Crippen molar-refractivity contribution in [3.63, 3.8) is 0 Å². The first-order chi connectivity index (χ1) is 13.5. The van der Waals surface area contributed by atoms with E-state index in [0.717, 1.165) is 6.07 Å². The molecule has 0 heterocycles. The molecule has 3 N–H and O–H groups in total. The Morgan fingerprint density at radius 1 is 0.966 bits per heavy atom. The average molecular weight is 421 g/mol. The molecule has 0 unspecified atom stereocenters. The predicted molar refractivity (Wildman–Crippen MR) is 94.2 cm³/mol. The zero-order chi connectivity index (χ0) is 21.5. The Labute approximate surface area is 162 Å². The molecule has 0 aliphatic heterocycles. The SMILES string of the molecule is NC(=NCc1cccc(COCC(F)(F)F)c1)Nc1ccccc1OC(F)(F)F. The normalized spacial score (nSPS) is 12.7. The van der Waals surface area contributed by atoms with E-state index in [1.165, 1.54) is 18.2 Å². The number of aliphatic imine (C=N–C) groups is 1. The molecule has 2 aromatic carbocycles. The molecule has 5 nitrogen and oxygen atoms in total. The van der Waals surface area contributed by atoms with E-state index in [4.69, 9.17) is 5.73 Å². The molecule has 0 aromatic heterocycles. The maximum Gasteiger partial charge on any atom is 0.573 e. The van der Waals surface area contributed by atoms with E-state index in [-0.39, 0.29) is 24.8 Å². The van der Waals surface area contributed by atoms with Crippen LogP contribution in [0.15, 0.2) is 53.5 Å².